The molecule has 1 heterocycles. The maximum atomic E-state index is 13.8. The third kappa shape index (κ3) is 3.99. The normalized spacial score (nSPS) is 12.4. The zero-order valence-corrected chi connectivity index (χ0v) is 14.8. The predicted molar refractivity (Wildman–Crippen MR) is 93.8 cm³/mol. The Morgan fingerprint density at radius 3 is 2.72 bits per heavy atom. The third-order valence-corrected chi connectivity index (χ3v) is 4.09. The van der Waals surface area contributed by atoms with E-state index in [-0.39, 0.29) is 18.1 Å². The van der Waals surface area contributed by atoms with Crippen molar-refractivity contribution in [2.75, 3.05) is 13.2 Å². The van der Waals surface area contributed by atoms with E-state index >= 15 is 0 Å². The van der Waals surface area contributed by atoms with Gasteiger partial charge in [0.05, 0.1) is 12.0 Å². The molecule has 0 bridgehead atoms. The number of aromatic nitrogens is 2. The van der Waals surface area contributed by atoms with Gasteiger partial charge in [0.1, 0.15) is 39.2 Å². The molecule has 0 unspecified atom stereocenters. The fourth-order valence-electron chi connectivity index (χ4n) is 2.15. The quantitative estimate of drug-likeness (QED) is 0.491. The second-order valence-corrected chi connectivity index (χ2v) is 6.26. The van der Waals surface area contributed by atoms with Crippen molar-refractivity contribution >= 4 is 33.5 Å². The Hall–Kier alpha value is -1.98. The number of nitrogens with one attached hydrogen (secondary N) is 1. The van der Waals surface area contributed by atoms with Gasteiger partial charge < -0.3 is 19.7 Å². The lowest BCUT2D eigenvalue weighted by atomic mass is 10.2. The zero-order chi connectivity index (χ0) is 18.0. The maximum Gasteiger partial charge on any atom is 0.168 e. The summed E-state index contributed by atoms with van der Waals surface area (Å²) in [6, 6.07) is 6.07. The number of aliphatic hydroxyl groups excluding tert-OH is 2. The highest BCUT2D eigenvalue weighted by atomic mass is 127. The number of hydrogen-bond acceptors (Lipinski definition) is 5. The second-order valence-electron chi connectivity index (χ2n) is 5.18. The molecule has 0 aliphatic heterocycles. The number of aromatic amines is 1. The van der Waals surface area contributed by atoms with Gasteiger partial charge in [0.2, 0.25) is 0 Å². The van der Waals surface area contributed by atoms with Crippen LogP contribution in [-0.2, 0) is 0 Å². The lowest BCUT2D eigenvalue weighted by molar-refractivity contribution is 0.0540. The Morgan fingerprint density at radius 1 is 1.20 bits per heavy atom. The van der Waals surface area contributed by atoms with Gasteiger partial charge in [0, 0.05) is 18.2 Å². The van der Waals surface area contributed by atoms with E-state index < -0.39 is 24.3 Å². The van der Waals surface area contributed by atoms with Crippen molar-refractivity contribution in [2.24, 2.45) is 0 Å². The number of rotatable bonds is 6. The van der Waals surface area contributed by atoms with Crippen molar-refractivity contribution in [1.29, 1.82) is 0 Å². The molecule has 3 N–H and O–H groups in total. The molecular weight excluding hydrogens is 449 g/mol. The fraction of sp³-hybridized carbons (Fsp3) is 0.188. The van der Waals surface area contributed by atoms with Gasteiger partial charge in [-0.25, -0.2) is 8.78 Å². The van der Waals surface area contributed by atoms with Crippen molar-refractivity contribution in [3.63, 3.8) is 0 Å². The van der Waals surface area contributed by atoms with E-state index in [9.17, 15) is 13.9 Å². The molecule has 6 nitrogen and oxygen atoms in total. The summed E-state index contributed by atoms with van der Waals surface area (Å²) in [7, 11) is 0. The molecule has 0 radical (unpaired) electrons. The van der Waals surface area contributed by atoms with Crippen molar-refractivity contribution in [3.8, 4) is 17.2 Å². The first kappa shape index (κ1) is 17.8. The average Bonchev–Trinajstić information content (AvgIpc) is 2.96. The number of halogens is 3. The number of ether oxygens (including phenoxy) is 2. The molecule has 132 valence electrons. The minimum Gasteiger partial charge on any atom is -0.490 e. The van der Waals surface area contributed by atoms with Crippen LogP contribution in [0.3, 0.4) is 0 Å². The van der Waals surface area contributed by atoms with E-state index in [1.807, 2.05) is 22.6 Å². The van der Waals surface area contributed by atoms with E-state index in [0.717, 1.165) is 12.1 Å². The van der Waals surface area contributed by atoms with Crippen LogP contribution in [0.1, 0.15) is 0 Å². The molecule has 3 aromatic rings. The van der Waals surface area contributed by atoms with Crippen molar-refractivity contribution < 1.29 is 28.5 Å². The lowest BCUT2D eigenvalue weighted by Gasteiger charge is -2.13. The van der Waals surface area contributed by atoms with E-state index in [4.69, 9.17) is 14.6 Å². The van der Waals surface area contributed by atoms with Crippen LogP contribution in [0.15, 0.2) is 30.3 Å². The van der Waals surface area contributed by atoms with Gasteiger partial charge >= 0.3 is 0 Å². The van der Waals surface area contributed by atoms with E-state index in [1.165, 1.54) is 12.1 Å². The molecule has 2 aromatic carbocycles. The highest BCUT2D eigenvalue weighted by Crippen LogP contribution is 2.35. The number of nitrogens with zero attached hydrogens (tertiary/aromatic N) is 1. The van der Waals surface area contributed by atoms with Gasteiger partial charge in [0.25, 0.3) is 0 Å². The van der Waals surface area contributed by atoms with Crippen LogP contribution >= 0.6 is 22.6 Å². The minimum absolute atomic E-state index is 0.138. The van der Waals surface area contributed by atoms with Crippen molar-refractivity contribution in [1.82, 2.24) is 10.2 Å². The largest absolute Gasteiger partial charge is 0.490 e. The highest BCUT2D eigenvalue weighted by Gasteiger charge is 2.15. The first-order chi connectivity index (χ1) is 12.0. The summed E-state index contributed by atoms with van der Waals surface area (Å²) in [6.45, 7) is -0.580. The molecule has 25 heavy (non-hydrogen) atoms. The van der Waals surface area contributed by atoms with Gasteiger partial charge in [0.15, 0.2) is 11.6 Å². The average molecular weight is 462 g/mol. The molecule has 3 rings (SSSR count). The van der Waals surface area contributed by atoms with Gasteiger partial charge in [-0.3, -0.25) is 5.10 Å². The summed E-state index contributed by atoms with van der Waals surface area (Å²) in [5.41, 5.74) is 0.512. The minimum atomic E-state index is -1.04. The number of H-pyrrole nitrogens is 1. The first-order valence-electron chi connectivity index (χ1n) is 7.20. The molecule has 0 aliphatic rings. The van der Waals surface area contributed by atoms with Crippen LogP contribution in [0.25, 0.3) is 10.9 Å². The Bertz CT molecular complexity index is 903. The van der Waals surface area contributed by atoms with E-state index in [0.29, 0.717) is 20.4 Å². The van der Waals surface area contributed by atoms with Crippen LogP contribution in [0.5, 0.6) is 17.2 Å². The molecule has 0 amide bonds. The summed E-state index contributed by atoms with van der Waals surface area (Å²) in [6.07, 6.45) is -1.04. The summed E-state index contributed by atoms with van der Waals surface area (Å²) < 4.78 is 38.5. The Kier molecular flexibility index (Phi) is 5.35. The molecule has 0 aliphatic carbocycles. The van der Waals surface area contributed by atoms with Gasteiger partial charge in [-0.1, -0.05) is 0 Å². The Labute approximate surface area is 154 Å². The smallest absolute Gasteiger partial charge is 0.168 e. The van der Waals surface area contributed by atoms with Crippen LogP contribution in [0.2, 0.25) is 0 Å². The van der Waals surface area contributed by atoms with E-state index in [1.54, 1.807) is 6.07 Å². The molecule has 0 saturated heterocycles. The number of fused-ring (bicyclic) bond motifs is 1. The topological polar surface area (TPSA) is 87.6 Å². The zero-order valence-electron chi connectivity index (χ0n) is 12.7. The standard InChI is InChI=1S/C16H13F2IN2O4/c17-8-1-2-13(11(18)3-8)25-10-4-12-15(16(19)21-20-12)14(5-10)24-7-9(23)6-22/h1-5,9,22-23H,6-7H2,(H,20,21)/t9-/m0/s1. The summed E-state index contributed by atoms with van der Waals surface area (Å²) in [5.74, 6) is -1.11. The third-order valence-electron chi connectivity index (χ3n) is 3.31. The lowest BCUT2D eigenvalue weighted by Crippen LogP contribution is -2.21. The Morgan fingerprint density at radius 2 is 2.00 bits per heavy atom. The predicted octanol–water partition coefficient (Wildman–Crippen LogP) is 2.97. The van der Waals surface area contributed by atoms with Gasteiger partial charge in [-0.05, 0) is 34.7 Å². The molecule has 1 atom stereocenters. The monoisotopic (exact) mass is 462 g/mol. The van der Waals surface area contributed by atoms with Gasteiger partial charge in [-0.2, -0.15) is 5.10 Å². The number of benzene rings is 2. The highest BCUT2D eigenvalue weighted by molar-refractivity contribution is 14.1. The van der Waals surface area contributed by atoms with E-state index in [2.05, 4.69) is 10.2 Å². The first-order valence-corrected chi connectivity index (χ1v) is 8.28. The van der Waals surface area contributed by atoms with Crippen molar-refractivity contribution in [3.05, 3.63) is 45.7 Å². The summed E-state index contributed by atoms with van der Waals surface area (Å²) >= 11 is 2.04. The molecule has 1 aromatic heterocycles. The van der Waals surface area contributed by atoms with Crippen LogP contribution in [0, 0.1) is 15.3 Å². The molecular formula is C16H13F2IN2O4. The molecule has 0 spiro atoms. The van der Waals surface area contributed by atoms with Crippen LogP contribution < -0.4 is 9.47 Å². The molecule has 9 heteroatoms. The van der Waals surface area contributed by atoms with Crippen molar-refractivity contribution in [2.45, 2.75) is 6.10 Å². The fourth-order valence-corrected chi connectivity index (χ4v) is 2.81. The maximum absolute atomic E-state index is 13.8. The molecule has 0 saturated carbocycles. The summed E-state index contributed by atoms with van der Waals surface area (Å²) in [5, 5.41) is 25.9. The van der Waals surface area contributed by atoms with Crippen LogP contribution in [-0.4, -0.2) is 39.7 Å². The Balaban J connectivity index is 1.95. The van der Waals surface area contributed by atoms with Crippen LogP contribution in [0.4, 0.5) is 8.78 Å². The SMILES string of the molecule is OC[C@H](O)COc1cc(Oc2ccc(F)cc2F)cc2n[nH]c(I)c12. The molecule has 0 fully saturated rings. The number of hydrogen-bond donors (Lipinski definition) is 3. The number of aliphatic hydroxyl groups is 2. The summed E-state index contributed by atoms with van der Waals surface area (Å²) in [4.78, 5) is 0. The second kappa shape index (κ2) is 7.50. The van der Waals surface area contributed by atoms with Gasteiger partial charge in [-0.15, -0.1) is 0 Å².